The quantitative estimate of drug-likeness (QED) is 0.943. The average Bonchev–Trinajstić information content (AvgIpc) is 2.80. The van der Waals surface area contributed by atoms with Crippen LogP contribution < -0.4 is 4.72 Å². The molecule has 3 rings (SSSR count). The third kappa shape index (κ3) is 2.74. The first-order chi connectivity index (χ1) is 8.88. The van der Waals surface area contributed by atoms with Crippen LogP contribution in [0.25, 0.3) is 10.6 Å². The normalized spacial score (nSPS) is 17.6. The van der Waals surface area contributed by atoms with Crippen LogP contribution in [0.4, 0.5) is 0 Å². The Bertz CT molecular complexity index is 711. The van der Waals surface area contributed by atoms with Gasteiger partial charge in [-0.05, 0) is 38.8 Å². The molecular formula is C12H14N2O2S3. The van der Waals surface area contributed by atoms with Gasteiger partial charge in [0.15, 0.2) is 0 Å². The molecule has 4 nitrogen and oxygen atoms in total. The van der Waals surface area contributed by atoms with E-state index in [9.17, 15) is 8.42 Å². The van der Waals surface area contributed by atoms with Crippen molar-refractivity contribution < 1.29 is 8.42 Å². The zero-order chi connectivity index (χ0) is 13.7. The van der Waals surface area contributed by atoms with Crippen LogP contribution in [-0.4, -0.2) is 18.9 Å². The highest BCUT2D eigenvalue weighted by atomic mass is 32.2. The summed E-state index contributed by atoms with van der Waals surface area (Å²) < 4.78 is 27.6. The third-order valence-corrected chi connectivity index (χ3v) is 7.11. The number of thiophene rings is 1. The summed E-state index contributed by atoms with van der Waals surface area (Å²) in [6, 6.07) is 3.48. The molecule has 0 spiro atoms. The largest absolute Gasteiger partial charge is 0.250 e. The molecular weight excluding hydrogens is 300 g/mol. The minimum absolute atomic E-state index is 0.236. The molecule has 2 heterocycles. The molecule has 0 saturated heterocycles. The fourth-order valence-electron chi connectivity index (χ4n) is 1.74. The predicted octanol–water partition coefficient (Wildman–Crippen LogP) is 3.01. The van der Waals surface area contributed by atoms with Crippen LogP contribution in [0.1, 0.15) is 24.8 Å². The molecule has 0 bridgehead atoms. The fraction of sp³-hybridized carbons (Fsp3) is 0.417. The summed E-state index contributed by atoms with van der Waals surface area (Å²) in [5.74, 6) is 0. The number of hydrogen-bond acceptors (Lipinski definition) is 5. The van der Waals surface area contributed by atoms with Crippen LogP contribution in [-0.2, 0) is 10.0 Å². The summed E-state index contributed by atoms with van der Waals surface area (Å²) in [5, 5.41) is 2.93. The van der Waals surface area contributed by atoms with E-state index in [4.69, 9.17) is 0 Å². The van der Waals surface area contributed by atoms with Crippen molar-refractivity contribution >= 4 is 32.7 Å². The minimum atomic E-state index is -3.39. The van der Waals surface area contributed by atoms with Gasteiger partial charge >= 0.3 is 0 Å². The molecule has 7 heteroatoms. The van der Waals surface area contributed by atoms with E-state index in [1.54, 1.807) is 17.4 Å². The smallest absolute Gasteiger partial charge is 0.241 e. The molecule has 0 amide bonds. The second kappa shape index (κ2) is 4.37. The Balaban J connectivity index is 1.88. The van der Waals surface area contributed by atoms with E-state index in [1.165, 1.54) is 11.3 Å². The van der Waals surface area contributed by atoms with Gasteiger partial charge in [-0.25, -0.2) is 18.1 Å². The summed E-state index contributed by atoms with van der Waals surface area (Å²) in [6.07, 6.45) is 1.82. The van der Waals surface area contributed by atoms with E-state index < -0.39 is 10.0 Å². The van der Waals surface area contributed by atoms with Crippen LogP contribution >= 0.6 is 22.7 Å². The first kappa shape index (κ1) is 13.2. The molecule has 0 atom stereocenters. The number of sulfonamides is 1. The van der Waals surface area contributed by atoms with Crippen molar-refractivity contribution in [3.8, 4) is 10.6 Å². The Morgan fingerprint density at radius 1 is 1.37 bits per heavy atom. The van der Waals surface area contributed by atoms with Crippen molar-refractivity contribution in [3.05, 3.63) is 22.5 Å². The number of aromatic nitrogens is 1. The highest BCUT2D eigenvalue weighted by Gasteiger charge is 2.41. The summed E-state index contributed by atoms with van der Waals surface area (Å²) in [5.41, 5.74) is 0.617. The van der Waals surface area contributed by atoms with Crippen LogP contribution in [0.5, 0.6) is 0 Å². The van der Waals surface area contributed by atoms with Gasteiger partial charge in [-0.1, -0.05) is 0 Å². The fourth-order valence-corrected chi connectivity index (χ4v) is 5.16. The number of hydrogen-bond donors (Lipinski definition) is 1. The molecule has 2 aromatic rings. The lowest BCUT2D eigenvalue weighted by Gasteiger charge is -2.10. The van der Waals surface area contributed by atoms with Crippen molar-refractivity contribution in [1.29, 1.82) is 0 Å². The van der Waals surface area contributed by atoms with Crippen LogP contribution in [0, 0.1) is 6.92 Å². The second-order valence-electron chi connectivity index (χ2n) is 5.04. The molecule has 1 fully saturated rings. The molecule has 2 aromatic heterocycles. The molecule has 1 N–H and O–H groups in total. The summed E-state index contributed by atoms with van der Waals surface area (Å²) in [4.78, 5) is 5.27. The monoisotopic (exact) mass is 314 g/mol. The molecule has 0 radical (unpaired) electrons. The summed E-state index contributed by atoms with van der Waals surface area (Å²) >= 11 is 2.83. The molecule has 1 aliphatic rings. The number of aryl methyl sites for hydroxylation is 1. The topological polar surface area (TPSA) is 59.1 Å². The van der Waals surface area contributed by atoms with E-state index in [0.717, 1.165) is 28.4 Å². The minimum Gasteiger partial charge on any atom is -0.241 e. The zero-order valence-electron chi connectivity index (χ0n) is 10.6. The number of rotatable bonds is 4. The number of nitrogens with zero attached hydrogens (tertiary/aromatic N) is 1. The maximum atomic E-state index is 12.2. The van der Waals surface area contributed by atoms with Gasteiger partial charge in [0, 0.05) is 10.9 Å². The van der Waals surface area contributed by atoms with Gasteiger partial charge < -0.3 is 0 Å². The maximum Gasteiger partial charge on any atom is 0.250 e. The van der Waals surface area contributed by atoms with Gasteiger partial charge in [0.1, 0.15) is 4.21 Å². The molecule has 0 unspecified atom stereocenters. The van der Waals surface area contributed by atoms with E-state index in [1.807, 2.05) is 25.3 Å². The van der Waals surface area contributed by atoms with Gasteiger partial charge in [0.25, 0.3) is 10.0 Å². The molecule has 1 aliphatic carbocycles. The van der Waals surface area contributed by atoms with Crippen LogP contribution in [0.3, 0.4) is 0 Å². The van der Waals surface area contributed by atoms with Gasteiger partial charge in [-0.3, -0.25) is 0 Å². The van der Waals surface area contributed by atoms with E-state index in [0.29, 0.717) is 4.21 Å². The van der Waals surface area contributed by atoms with E-state index >= 15 is 0 Å². The van der Waals surface area contributed by atoms with Gasteiger partial charge in [-0.15, -0.1) is 22.7 Å². The Morgan fingerprint density at radius 2 is 2.11 bits per heavy atom. The summed E-state index contributed by atoms with van der Waals surface area (Å²) in [6.45, 7) is 3.87. The Kier molecular flexibility index (Phi) is 3.05. The van der Waals surface area contributed by atoms with Crippen LogP contribution in [0.2, 0.25) is 0 Å². The Morgan fingerprint density at radius 3 is 2.68 bits per heavy atom. The van der Waals surface area contributed by atoms with Crippen molar-refractivity contribution in [3.63, 3.8) is 0 Å². The standard InChI is InChI=1S/C12H14N2O2S3/c1-8-13-9(7-17-8)10-3-4-11(18-10)19(15,16)14-12(2)5-6-12/h3-4,7,14H,5-6H2,1-2H3. The first-order valence-corrected chi connectivity index (χ1v) is 9.12. The lowest BCUT2D eigenvalue weighted by Crippen LogP contribution is -2.33. The van der Waals surface area contributed by atoms with E-state index in [2.05, 4.69) is 9.71 Å². The average molecular weight is 314 g/mol. The molecule has 19 heavy (non-hydrogen) atoms. The second-order valence-corrected chi connectivity index (χ2v) is 9.09. The number of nitrogens with one attached hydrogen (secondary N) is 1. The van der Waals surface area contributed by atoms with Gasteiger partial charge in [0.05, 0.1) is 15.6 Å². The molecule has 0 aromatic carbocycles. The lowest BCUT2D eigenvalue weighted by atomic mass is 10.4. The SMILES string of the molecule is Cc1nc(-c2ccc(S(=O)(=O)NC3(C)CC3)s2)cs1. The van der Waals surface area contributed by atoms with Crippen molar-refractivity contribution in [2.75, 3.05) is 0 Å². The van der Waals surface area contributed by atoms with Crippen molar-refractivity contribution in [2.24, 2.45) is 0 Å². The van der Waals surface area contributed by atoms with Gasteiger partial charge in [0.2, 0.25) is 0 Å². The number of thiazole rings is 1. The molecule has 1 saturated carbocycles. The van der Waals surface area contributed by atoms with Crippen molar-refractivity contribution in [1.82, 2.24) is 9.71 Å². The highest BCUT2D eigenvalue weighted by Crippen LogP contribution is 2.37. The lowest BCUT2D eigenvalue weighted by molar-refractivity contribution is 0.560. The highest BCUT2D eigenvalue weighted by molar-refractivity contribution is 7.91. The van der Waals surface area contributed by atoms with E-state index in [-0.39, 0.29) is 5.54 Å². The van der Waals surface area contributed by atoms with Gasteiger partial charge in [-0.2, -0.15) is 0 Å². The van der Waals surface area contributed by atoms with Crippen molar-refractivity contribution in [2.45, 2.75) is 36.4 Å². The summed E-state index contributed by atoms with van der Waals surface area (Å²) in [7, 11) is -3.39. The zero-order valence-corrected chi connectivity index (χ0v) is 13.1. The Labute approximate surface area is 120 Å². The molecule has 102 valence electrons. The first-order valence-electron chi connectivity index (χ1n) is 5.94. The molecule has 0 aliphatic heterocycles. The Hall–Kier alpha value is -0.760. The maximum absolute atomic E-state index is 12.2. The third-order valence-electron chi connectivity index (χ3n) is 3.10. The predicted molar refractivity (Wildman–Crippen MR) is 78.1 cm³/mol. The van der Waals surface area contributed by atoms with Crippen LogP contribution in [0.15, 0.2) is 21.7 Å².